The molecule has 0 saturated carbocycles. The van der Waals surface area contributed by atoms with Crippen LogP contribution in [0, 0.1) is 0 Å². The van der Waals surface area contributed by atoms with E-state index in [-0.39, 0.29) is 32.5 Å². The van der Waals surface area contributed by atoms with E-state index in [1.807, 2.05) is 60.7 Å². The van der Waals surface area contributed by atoms with Crippen LogP contribution in [0.3, 0.4) is 0 Å². The quantitative estimate of drug-likeness (QED) is 0.121. The summed E-state index contributed by atoms with van der Waals surface area (Å²) in [4.78, 5) is 0. The Bertz CT molecular complexity index is 2960. The van der Waals surface area contributed by atoms with Crippen molar-refractivity contribution in [3.05, 3.63) is 191 Å². The van der Waals surface area contributed by atoms with E-state index < -0.39 is 15.7 Å². The van der Waals surface area contributed by atoms with Gasteiger partial charge in [0.2, 0.25) is 0 Å². The van der Waals surface area contributed by atoms with Crippen molar-refractivity contribution in [2.75, 3.05) is 0 Å². The topological polar surface area (TPSA) is 44.8 Å². The molecule has 0 bridgehead atoms. The third-order valence-electron chi connectivity index (χ3n) is 13.5. The Kier molecular flexibility index (Phi) is 15.2. The molecule has 0 spiro atoms. The van der Waals surface area contributed by atoms with Gasteiger partial charge in [-0.25, -0.2) is 0 Å². The van der Waals surface area contributed by atoms with Crippen molar-refractivity contribution in [2.45, 2.75) is 157 Å². The number of rotatable bonds is 11. The average Bonchev–Trinajstić information content (AvgIpc) is 3.30. The van der Waals surface area contributed by atoms with Gasteiger partial charge in [-0.15, -0.1) is 0 Å². The highest BCUT2D eigenvalue weighted by Crippen LogP contribution is 2.50. The van der Waals surface area contributed by atoms with Gasteiger partial charge in [0, 0.05) is 16.7 Å². The summed E-state index contributed by atoms with van der Waals surface area (Å²) < 4.78 is 37.2. The maximum Gasteiger partial charge on any atom is 0.326 e. The molecule has 0 saturated heterocycles. The summed E-state index contributed by atoms with van der Waals surface area (Å²) in [6, 6.07) is 54.5. The Labute approximate surface area is 435 Å². The van der Waals surface area contributed by atoms with Crippen LogP contribution in [0.2, 0.25) is 0 Å². The molecule has 378 valence electrons. The highest BCUT2D eigenvalue weighted by Gasteiger charge is 2.35. The lowest BCUT2D eigenvalue weighted by Gasteiger charge is -2.30. The summed E-state index contributed by atoms with van der Waals surface area (Å²) in [6.45, 7) is 40.2. The second-order valence-corrected chi connectivity index (χ2v) is 29.4. The van der Waals surface area contributed by atoms with E-state index in [1.165, 1.54) is 16.7 Å². The molecule has 0 aliphatic rings. The molecule has 0 amide bonds. The number of benzene rings is 7. The van der Waals surface area contributed by atoms with Crippen LogP contribution in [0.1, 0.15) is 158 Å². The number of hydrogen-bond donors (Lipinski definition) is 0. The maximum absolute atomic E-state index is 15.9. The van der Waals surface area contributed by atoms with Crippen LogP contribution < -0.4 is 29.5 Å². The molecule has 0 aromatic heterocycles. The van der Waals surface area contributed by atoms with E-state index in [1.54, 1.807) is 0 Å². The fraction of sp³-hybridized carbons (Fsp3) is 0.364. The molecule has 0 aliphatic heterocycles. The van der Waals surface area contributed by atoms with E-state index in [0.29, 0.717) is 16.4 Å². The zero-order valence-corrected chi connectivity index (χ0v) is 48.3. The maximum atomic E-state index is 15.9. The van der Waals surface area contributed by atoms with Crippen molar-refractivity contribution in [1.29, 1.82) is 0 Å². The van der Waals surface area contributed by atoms with Gasteiger partial charge in [0.25, 0.3) is 0 Å². The molecule has 72 heavy (non-hydrogen) atoms. The zero-order valence-electron chi connectivity index (χ0n) is 46.5. The van der Waals surface area contributed by atoms with E-state index in [0.717, 1.165) is 55.7 Å². The van der Waals surface area contributed by atoms with Crippen molar-refractivity contribution in [1.82, 2.24) is 0 Å². The van der Waals surface area contributed by atoms with Gasteiger partial charge in [-0.2, -0.15) is 0 Å². The molecule has 0 aliphatic carbocycles. The molecule has 0 N–H and O–H groups in total. The summed E-state index contributed by atoms with van der Waals surface area (Å²) >= 11 is 0. The molecule has 7 rings (SSSR count). The lowest BCUT2D eigenvalue weighted by Crippen LogP contribution is -2.23. The Morgan fingerprint density at radius 3 is 0.972 bits per heavy atom. The highest BCUT2D eigenvalue weighted by atomic mass is 31.2. The first kappa shape index (κ1) is 54.4. The Morgan fingerprint density at radius 2 is 0.639 bits per heavy atom. The smallest absolute Gasteiger partial charge is 0.326 e. The van der Waals surface area contributed by atoms with Gasteiger partial charge in [-0.05, 0) is 126 Å². The second-order valence-electron chi connectivity index (χ2n) is 25.7. The van der Waals surface area contributed by atoms with Crippen LogP contribution >= 0.6 is 15.7 Å². The van der Waals surface area contributed by atoms with Crippen LogP contribution in [0.15, 0.2) is 158 Å². The molecule has 1 unspecified atom stereocenters. The van der Waals surface area contributed by atoms with Gasteiger partial charge in [-0.1, -0.05) is 228 Å². The lowest BCUT2D eigenvalue weighted by molar-refractivity contribution is 0.466. The SMILES string of the molecule is CC(C)(C)c1ccc(OP(Oc2ccc(C(C)(C)C)cc2C(C)(C)C)c2ccc(-c3ccc(P(=O)(Oc4ccc(C(C)(C)C)cc4C(C)(C)C)c4ccc(-c5ccccc5)cc4)cc3)cc2)c(C(C)(C)C)c1. The van der Waals surface area contributed by atoms with Crippen LogP contribution in [0.5, 0.6) is 17.2 Å². The predicted molar refractivity (Wildman–Crippen MR) is 311 cm³/mol. The monoisotopic (exact) mass is 999 g/mol. The van der Waals surface area contributed by atoms with Gasteiger partial charge < -0.3 is 13.6 Å². The third-order valence-corrected chi connectivity index (χ3v) is 17.3. The molecule has 0 radical (unpaired) electrons. The van der Waals surface area contributed by atoms with Crippen LogP contribution in [0.25, 0.3) is 22.3 Å². The van der Waals surface area contributed by atoms with Crippen LogP contribution in [-0.4, -0.2) is 0 Å². The van der Waals surface area contributed by atoms with Crippen molar-refractivity contribution in [3.8, 4) is 39.5 Å². The minimum atomic E-state index is -3.70. The fourth-order valence-electron chi connectivity index (χ4n) is 8.79. The Morgan fingerprint density at radius 1 is 0.333 bits per heavy atom. The van der Waals surface area contributed by atoms with E-state index in [4.69, 9.17) is 13.6 Å². The fourth-order valence-corrected chi connectivity index (χ4v) is 12.1. The van der Waals surface area contributed by atoms with E-state index in [9.17, 15) is 0 Å². The number of hydrogen-bond acceptors (Lipinski definition) is 4. The van der Waals surface area contributed by atoms with Crippen LogP contribution in [0.4, 0.5) is 0 Å². The van der Waals surface area contributed by atoms with Crippen LogP contribution in [-0.2, 0) is 37.1 Å². The van der Waals surface area contributed by atoms with Gasteiger partial charge in [0.15, 0.2) is 0 Å². The summed E-state index contributed by atoms with van der Waals surface area (Å²) in [7, 11) is -5.35. The first-order valence-electron chi connectivity index (χ1n) is 25.6. The molecule has 1 atom stereocenters. The van der Waals surface area contributed by atoms with Gasteiger partial charge in [-0.3, -0.25) is 4.57 Å². The molecule has 6 heteroatoms. The van der Waals surface area contributed by atoms with Gasteiger partial charge >= 0.3 is 15.7 Å². The molecule has 0 fully saturated rings. The molecule has 0 heterocycles. The summed E-state index contributed by atoms with van der Waals surface area (Å²) in [5.41, 5.74) is 10.5. The van der Waals surface area contributed by atoms with Crippen molar-refractivity contribution >= 4 is 31.7 Å². The highest BCUT2D eigenvalue weighted by molar-refractivity contribution is 7.74. The molecule has 4 nitrogen and oxygen atoms in total. The summed E-state index contributed by atoms with van der Waals surface area (Å²) in [5.74, 6) is 2.28. The Hall–Kier alpha value is -5.40. The van der Waals surface area contributed by atoms with Gasteiger partial charge in [0.1, 0.15) is 17.2 Å². The van der Waals surface area contributed by atoms with E-state index >= 15 is 4.57 Å². The third kappa shape index (κ3) is 12.5. The lowest BCUT2D eigenvalue weighted by atomic mass is 9.80. The molecular weight excluding hydrogens is 919 g/mol. The zero-order chi connectivity index (χ0) is 52.8. The average molecular weight is 999 g/mol. The molecular formula is C66H80O4P2. The normalized spacial score (nSPS) is 13.7. The first-order chi connectivity index (χ1) is 33.3. The molecule has 7 aromatic carbocycles. The first-order valence-corrected chi connectivity index (χ1v) is 28.4. The summed E-state index contributed by atoms with van der Waals surface area (Å²) in [5, 5.41) is 2.21. The summed E-state index contributed by atoms with van der Waals surface area (Å²) in [6.07, 6.45) is 0. The van der Waals surface area contributed by atoms with E-state index in [2.05, 4.69) is 222 Å². The van der Waals surface area contributed by atoms with Crippen molar-refractivity contribution in [2.24, 2.45) is 0 Å². The predicted octanol–water partition coefficient (Wildman–Crippen LogP) is 18.2. The second kappa shape index (κ2) is 20.1. The largest absolute Gasteiger partial charge is 0.437 e. The standard InChI is InChI=1S/C66H80O4P2/c1-61(2,3)49-30-39-58(55(42-49)64(10,11)12)68-71(69-59-40-31-50(62(4,5)6)43-56(59)65(13,14)15)52-33-24-46(25-34-52)48-28-37-54(38-29-48)72(67,53-35-26-47(27-36-53)45-22-20-19-21-23-45)70-60-41-32-51(63(7,8)9)44-57(60)66(16,17)18/h19-44H,1-18H3. The van der Waals surface area contributed by atoms with Gasteiger partial charge in [0.05, 0.1) is 15.9 Å². The van der Waals surface area contributed by atoms with Crippen molar-refractivity contribution < 1.29 is 18.1 Å². The van der Waals surface area contributed by atoms with Crippen molar-refractivity contribution in [3.63, 3.8) is 0 Å². The Balaban J connectivity index is 1.28. The molecule has 7 aromatic rings. The minimum absolute atomic E-state index is 0.0174. The minimum Gasteiger partial charge on any atom is -0.437 e.